The summed E-state index contributed by atoms with van der Waals surface area (Å²) >= 11 is 0. The van der Waals surface area contributed by atoms with Gasteiger partial charge in [0, 0.05) is 0 Å². The van der Waals surface area contributed by atoms with Crippen LogP contribution in [-0.4, -0.2) is 18.1 Å². The lowest BCUT2D eigenvalue weighted by Crippen LogP contribution is -2.35. The maximum atomic E-state index is 13.4. The molecule has 0 unspecified atom stereocenters. The summed E-state index contributed by atoms with van der Waals surface area (Å²) in [4.78, 5) is 11.8. The number of hydrogen-bond donors (Lipinski definition) is 1. The van der Waals surface area contributed by atoms with E-state index >= 15 is 0 Å². The standard InChI is InChI=1S/C19H22FNO3/c1-12-11-15(20)9-10-17(12)18(14(3)23-19(22)13(2)21)24-16-7-5-4-6-8-16/h4-11,13-14,18H,21H2,1-3H3/t13-,14-,18-/m0/s1. The van der Waals surface area contributed by atoms with Gasteiger partial charge in [-0.15, -0.1) is 0 Å². The van der Waals surface area contributed by atoms with Crippen molar-refractivity contribution in [2.75, 3.05) is 0 Å². The third-order valence-corrected chi connectivity index (χ3v) is 3.64. The summed E-state index contributed by atoms with van der Waals surface area (Å²) in [5, 5.41) is 0. The van der Waals surface area contributed by atoms with Crippen LogP contribution in [0.5, 0.6) is 5.75 Å². The van der Waals surface area contributed by atoms with Crippen LogP contribution in [0.4, 0.5) is 4.39 Å². The molecule has 5 heteroatoms. The highest BCUT2D eigenvalue weighted by Crippen LogP contribution is 2.29. The lowest BCUT2D eigenvalue weighted by Gasteiger charge is -2.27. The van der Waals surface area contributed by atoms with E-state index in [1.54, 1.807) is 26.8 Å². The summed E-state index contributed by atoms with van der Waals surface area (Å²) in [5.41, 5.74) is 7.04. The third-order valence-electron chi connectivity index (χ3n) is 3.64. The Kier molecular flexibility index (Phi) is 5.93. The number of rotatable bonds is 6. The van der Waals surface area contributed by atoms with Crippen LogP contribution in [0, 0.1) is 12.7 Å². The zero-order valence-electron chi connectivity index (χ0n) is 14.0. The maximum absolute atomic E-state index is 13.4. The molecule has 0 amide bonds. The fraction of sp³-hybridized carbons (Fsp3) is 0.316. The highest BCUT2D eigenvalue weighted by atomic mass is 19.1. The minimum atomic E-state index is -0.723. The summed E-state index contributed by atoms with van der Waals surface area (Å²) in [5.74, 6) is -0.200. The zero-order valence-corrected chi connectivity index (χ0v) is 14.0. The van der Waals surface area contributed by atoms with Crippen molar-refractivity contribution in [1.82, 2.24) is 0 Å². The first-order chi connectivity index (χ1) is 11.4. The number of ether oxygens (including phenoxy) is 2. The molecule has 2 aromatic rings. The van der Waals surface area contributed by atoms with E-state index in [0.29, 0.717) is 5.75 Å². The average Bonchev–Trinajstić information content (AvgIpc) is 2.54. The topological polar surface area (TPSA) is 61.5 Å². The molecule has 0 saturated carbocycles. The molecule has 0 aliphatic rings. The Bertz CT molecular complexity index is 688. The van der Waals surface area contributed by atoms with E-state index in [1.807, 2.05) is 30.3 Å². The normalized spacial score (nSPS) is 14.5. The Hall–Kier alpha value is -2.40. The molecule has 3 atom stereocenters. The van der Waals surface area contributed by atoms with Gasteiger partial charge >= 0.3 is 5.97 Å². The maximum Gasteiger partial charge on any atom is 0.323 e. The van der Waals surface area contributed by atoms with Crippen molar-refractivity contribution in [2.24, 2.45) is 5.73 Å². The van der Waals surface area contributed by atoms with Crippen LogP contribution in [-0.2, 0) is 9.53 Å². The Balaban J connectivity index is 2.31. The van der Waals surface area contributed by atoms with E-state index in [9.17, 15) is 9.18 Å². The Morgan fingerprint density at radius 2 is 1.79 bits per heavy atom. The Labute approximate surface area is 141 Å². The summed E-state index contributed by atoms with van der Waals surface area (Å²) < 4.78 is 24.8. The molecule has 0 radical (unpaired) electrons. The van der Waals surface area contributed by atoms with Crippen LogP contribution in [0.1, 0.15) is 31.1 Å². The molecule has 0 aromatic heterocycles. The van der Waals surface area contributed by atoms with Crippen molar-refractivity contribution in [3.05, 3.63) is 65.5 Å². The molecule has 0 aliphatic heterocycles. The number of benzene rings is 2. The van der Waals surface area contributed by atoms with Crippen LogP contribution in [0.25, 0.3) is 0 Å². The van der Waals surface area contributed by atoms with Gasteiger partial charge in [0.05, 0.1) is 0 Å². The average molecular weight is 331 g/mol. The van der Waals surface area contributed by atoms with Gasteiger partial charge in [0.2, 0.25) is 0 Å². The van der Waals surface area contributed by atoms with Crippen molar-refractivity contribution >= 4 is 5.97 Å². The van der Waals surface area contributed by atoms with Crippen molar-refractivity contribution < 1.29 is 18.7 Å². The van der Waals surface area contributed by atoms with Gasteiger partial charge in [-0.3, -0.25) is 4.79 Å². The van der Waals surface area contributed by atoms with Crippen molar-refractivity contribution in [2.45, 2.75) is 39.0 Å². The van der Waals surface area contributed by atoms with Gasteiger partial charge in [-0.25, -0.2) is 4.39 Å². The predicted molar refractivity (Wildman–Crippen MR) is 90.2 cm³/mol. The highest BCUT2D eigenvalue weighted by molar-refractivity contribution is 5.75. The number of aryl methyl sites for hydroxylation is 1. The lowest BCUT2D eigenvalue weighted by atomic mass is 9.99. The second-order valence-electron chi connectivity index (χ2n) is 5.78. The van der Waals surface area contributed by atoms with E-state index < -0.39 is 24.2 Å². The Morgan fingerprint density at radius 3 is 2.38 bits per heavy atom. The van der Waals surface area contributed by atoms with Crippen molar-refractivity contribution in [1.29, 1.82) is 0 Å². The van der Waals surface area contributed by atoms with Crippen molar-refractivity contribution in [3.63, 3.8) is 0 Å². The fourth-order valence-electron chi connectivity index (χ4n) is 2.37. The smallest absolute Gasteiger partial charge is 0.323 e. The van der Waals surface area contributed by atoms with Gasteiger partial charge in [-0.1, -0.05) is 24.3 Å². The molecule has 128 valence electrons. The van der Waals surface area contributed by atoms with Gasteiger partial charge in [0.25, 0.3) is 0 Å². The number of hydrogen-bond acceptors (Lipinski definition) is 4. The molecule has 0 fully saturated rings. The second kappa shape index (κ2) is 7.93. The largest absolute Gasteiger partial charge is 0.482 e. The molecule has 0 spiro atoms. The molecular formula is C19H22FNO3. The lowest BCUT2D eigenvalue weighted by molar-refractivity contribution is -0.154. The van der Waals surface area contributed by atoms with Gasteiger partial charge < -0.3 is 15.2 Å². The van der Waals surface area contributed by atoms with Gasteiger partial charge in [-0.05, 0) is 56.2 Å². The van der Waals surface area contributed by atoms with E-state index in [1.165, 1.54) is 12.1 Å². The van der Waals surface area contributed by atoms with Gasteiger partial charge in [-0.2, -0.15) is 0 Å². The first kappa shape index (κ1) is 17.9. The summed E-state index contributed by atoms with van der Waals surface area (Å²) in [6.45, 7) is 5.09. The minimum Gasteiger partial charge on any atom is -0.482 e. The molecule has 2 N–H and O–H groups in total. The van der Waals surface area contributed by atoms with Crippen LogP contribution >= 0.6 is 0 Å². The zero-order chi connectivity index (χ0) is 17.7. The number of halogens is 1. The van der Waals surface area contributed by atoms with E-state index in [0.717, 1.165) is 11.1 Å². The molecule has 0 heterocycles. The molecule has 0 bridgehead atoms. The van der Waals surface area contributed by atoms with E-state index in [4.69, 9.17) is 15.2 Å². The number of nitrogens with two attached hydrogens (primary N) is 1. The number of para-hydroxylation sites is 1. The highest BCUT2D eigenvalue weighted by Gasteiger charge is 2.27. The van der Waals surface area contributed by atoms with Crippen LogP contribution in [0.3, 0.4) is 0 Å². The van der Waals surface area contributed by atoms with Gasteiger partial charge in [0.15, 0.2) is 6.10 Å². The van der Waals surface area contributed by atoms with Crippen LogP contribution in [0.15, 0.2) is 48.5 Å². The van der Waals surface area contributed by atoms with Crippen LogP contribution in [0.2, 0.25) is 0 Å². The number of carbonyl (C=O) groups is 1. The first-order valence-electron chi connectivity index (χ1n) is 7.82. The summed E-state index contributed by atoms with van der Waals surface area (Å²) in [6, 6.07) is 12.9. The first-order valence-corrected chi connectivity index (χ1v) is 7.82. The summed E-state index contributed by atoms with van der Waals surface area (Å²) in [7, 11) is 0. The minimum absolute atomic E-state index is 0.324. The van der Waals surface area contributed by atoms with E-state index in [-0.39, 0.29) is 5.82 Å². The molecule has 2 rings (SSSR count). The SMILES string of the molecule is Cc1cc(F)ccc1[C@@H](Oc1ccccc1)[C@H](C)OC(=O)[C@H](C)N. The number of esters is 1. The molecule has 4 nitrogen and oxygen atoms in total. The number of carbonyl (C=O) groups excluding carboxylic acids is 1. The molecule has 2 aromatic carbocycles. The molecule has 0 aliphatic carbocycles. The van der Waals surface area contributed by atoms with Crippen LogP contribution < -0.4 is 10.5 Å². The molecular weight excluding hydrogens is 309 g/mol. The monoisotopic (exact) mass is 331 g/mol. The predicted octanol–water partition coefficient (Wildman–Crippen LogP) is 3.53. The van der Waals surface area contributed by atoms with Gasteiger partial charge in [0.1, 0.15) is 23.7 Å². The Morgan fingerprint density at radius 1 is 1.12 bits per heavy atom. The molecule has 0 saturated heterocycles. The van der Waals surface area contributed by atoms with Crippen molar-refractivity contribution in [3.8, 4) is 5.75 Å². The second-order valence-corrected chi connectivity index (χ2v) is 5.78. The fourth-order valence-corrected chi connectivity index (χ4v) is 2.37. The molecule has 24 heavy (non-hydrogen) atoms. The van der Waals surface area contributed by atoms with E-state index in [2.05, 4.69) is 0 Å². The third kappa shape index (κ3) is 4.55. The summed E-state index contributed by atoms with van der Waals surface area (Å²) in [6.07, 6.45) is -1.16. The quantitative estimate of drug-likeness (QED) is 0.823.